The van der Waals surface area contributed by atoms with Crippen molar-refractivity contribution in [1.82, 2.24) is 24.7 Å². The van der Waals surface area contributed by atoms with Gasteiger partial charge in [-0.05, 0) is 18.2 Å². The van der Waals surface area contributed by atoms with E-state index in [1.54, 1.807) is 34.1 Å². The molecule has 1 aromatic carbocycles. The molecular formula is C16H17Cl2N7O. The lowest BCUT2D eigenvalue weighted by molar-refractivity contribution is 0.180. The Bertz CT molecular complexity index is 858. The molecule has 4 rings (SSSR count). The van der Waals surface area contributed by atoms with Gasteiger partial charge in [-0.25, -0.2) is 9.47 Å². The van der Waals surface area contributed by atoms with Crippen molar-refractivity contribution in [1.29, 1.82) is 0 Å². The van der Waals surface area contributed by atoms with E-state index in [9.17, 15) is 4.79 Å². The van der Waals surface area contributed by atoms with E-state index >= 15 is 0 Å². The molecule has 8 nitrogen and oxygen atoms in total. The molecule has 1 aromatic heterocycles. The molecule has 136 valence electrons. The Morgan fingerprint density at radius 2 is 1.88 bits per heavy atom. The molecule has 0 spiro atoms. The van der Waals surface area contributed by atoms with Crippen molar-refractivity contribution in [2.45, 2.75) is 12.8 Å². The summed E-state index contributed by atoms with van der Waals surface area (Å²) in [5.74, 6) is 1.90. The van der Waals surface area contributed by atoms with Crippen LogP contribution in [0.5, 0.6) is 0 Å². The Hall–Kier alpha value is -2.32. The standard InChI is InChI=1S/C16H17Cl2N7O/c17-12-2-1-11(9-13(12)18)20-16(26)24-7-5-23(6-8-24)15-4-3-14-21-19-10-25(14)22-15/h1-2,9-10H,3-8H2,(H,20,26). The van der Waals surface area contributed by atoms with Crippen molar-refractivity contribution < 1.29 is 4.79 Å². The van der Waals surface area contributed by atoms with E-state index in [-0.39, 0.29) is 6.03 Å². The molecule has 0 radical (unpaired) electrons. The van der Waals surface area contributed by atoms with Gasteiger partial charge in [0.15, 0.2) is 5.82 Å². The molecule has 1 N–H and O–H groups in total. The maximum atomic E-state index is 12.4. The number of nitrogens with zero attached hydrogens (tertiary/aromatic N) is 6. The van der Waals surface area contributed by atoms with Crippen LogP contribution in [-0.4, -0.2) is 62.7 Å². The number of fused-ring (bicyclic) bond motifs is 1. The van der Waals surface area contributed by atoms with E-state index in [1.807, 2.05) is 0 Å². The maximum Gasteiger partial charge on any atom is 0.321 e. The lowest BCUT2D eigenvalue weighted by Crippen LogP contribution is -2.52. The number of aryl methyl sites for hydroxylation is 1. The van der Waals surface area contributed by atoms with Gasteiger partial charge in [-0.2, -0.15) is 5.10 Å². The SMILES string of the molecule is O=C(Nc1ccc(Cl)c(Cl)c1)N1CCN(C2=Nn3cnnc3CC2)CC1. The van der Waals surface area contributed by atoms with Crippen LogP contribution in [-0.2, 0) is 6.42 Å². The van der Waals surface area contributed by atoms with Gasteiger partial charge in [-0.15, -0.1) is 10.2 Å². The number of piperazine rings is 1. The molecule has 2 amide bonds. The summed E-state index contributed by atoms with van der Waals surface area (Å²) in [6.07, 6.45) is 3.29. The van der Waals surface area contributed by atoms with Crippen LogP contribution in [0.15, 0.2) is 29.6 Å². The summed E-state index contributed by atoms with van der Waals surface area (Å²) in [5.41, 5.74) is 0.628. The maximum absolute atomic E-state index is 12.4. The summed E-state index contributed by atoms with van der Waals surface area (Å²) in [6, 6.07) is 4.90. The number of halogens is 2. The summed E-state index contributed by atoms with van der Waals surface area (Å²) in [4.78, 5) is 16.4. The van der Waals surface area contributed by atoms with E-state index in [0.29, 0.717) is 28.8 Å². The topological polar surface area (TPSA) is 78.7 Å². The van der Waals surface area contributed by atoms with Gasteiger partial charge in [0, 0.05) is 44.7 Å². The fraction of sp³-hybridized carbons (Fsp3) is 0.375. The summed E-state index contributed by atoms with van der Waals surface area (Å²) >= 11 is 11.9. The van der Waals surface area contributed by atoms with Crippen LogP contribution in [0.1, 0.15) is 12.2 Å². The molecule has 1 fully saturated rings. The van der Waals surface area contributed by atoms with Gasteiger partial charge in [0.25, 0.3) is 0 Å². The second-order valence-corrected chi connectivity index (χ2v) is 6.96. The van der Waals surface area contributed by atoms with Crippen molar-refractivity contribution >= 4 is 40.8 Å². The zero-order valence-corrected chi connectivity index (χ0v) is 15.4. The molecule has 1 saturated heterocycles. The normalized spacial score (nSPS) is 16.9. The van der Waals surface area contributed by atoms with Crippen LogP contribution >= 0.6 is 23.2 Å². The average Bonchev–Trinajstić information content (AvgIpc) is 3.12. The molecule has 0 atom stereocenters. The number of hydrogen-bond acceptors (Lipinski definition) is 5. The fourth-order valence-corrected chi connectivity index (χ4v) is 3.36. The molecule has 2 aromatic rings. The van der Waals surface area contributed by atoms with E-state index in [1.165, 1.54) is 0 Å². The number of urea groups is 1. The highest BCUT2D eigenvalue weighted by molar-refractivity contribution is 6.42. The summed E-state index contributed by atoms with van der Waals surface area (Å²) in [6.45, 7) is 2.73. The Morgan fingerprint density at radius 1 is 1.08 bits per heavy atom. The molecule has 0 unspecified atom stereocenters. The number of benzene rings is 1. The Balaban J connectivity index is 1.35. The minimum absolute atomic E-state index is 0.144. The largest absolute Gasteiger partial charge is 0.355 e. The van der Waals surface area contributed by atoms with E-state index in [4.69, 9.17) is 23.2 Å². The van der Waals surface area contributed by atoms with Gasteiger partial charge < -0.3 is 15.1 Å². The number of amidine groups is 1. The van der Waals surface area contributed by atoms with Crippen molar-refractivity contribution in [3.63, 3.8) is 0 Å². The van der Waals surface area contributed by atoms with Crippen molar-refractivity contribution in [3.05, 3.63) is 40.4 Å². The van der Waals surface area contributed by atoms with Gasteiger partial charge in [0.1, 0.15) is 12.2 Å². The van der Waals surface area contributed by atoms with Crippen LogP contribution in [0.3, 0.4) is 0 Å². The van der Waals surface area contributed by atoms with Crippen molar-refractivity contribution in [2.75, 3.05) is 31.5 Å². The number of hydrogen-bond donors (Lipinski definition) is 1. The predicted molar refractivity (Wildman–Crippen MR) is 99.8 cm³/mol. The first-order valence-electron chi connectivity index (χ1n) is 8.33. The quantitative estimate of drug-likeness (QED) is 0.807. The van der Waals surface area contributed by atoms with Gasteiger partial charge in [-0.1, -0.05) is 23.2 Å². The Kier molecular flexibility index (Phi) is 4.69. The molecule has 0 aliphatic carbocycles. The van der Waals surface area contributed by atoms with Gasteiger partial charge in [0.05, 0.1) is 10.0 Å². The Morgan fingerprint density at radius 3 is 2.65 bits per heavy atom. The summed E-state index contributed by atoms with van der Waals surface area (Å²) in [5, 5.41) is 16.2. The minimum Gasteiger partial charge on any atom is -0.355 e. The van der Waals surface area contributed by atoms with E-state index in [2.05, 4.69) is 25.5 Å². The molecule has 3 heterocycles. The molecule has 0 bridgehead atoms. The number of rotatable bonds is 1. The average molecular weight is 394 g/mol. The molecule has 26 heavy (non-hydrogen) atoms. The van der Waals surface area contributed by atoms with Gasteiger partial charge in [0.2, 0.25) is 0 Å². The van der Waals surface area contributed by atoms with Crippen molar-refractivity contribution in [2.24, 2.45) is 5.10 Å². The molecule has 2 aliphatic heterocycles. The zero-order chi connectivity index (χ0) is 18.1. The van der Waals surface area contributed by atoms with Crippen LogP contribution in [0.25, 0.3) is 0 Å². The number of carbonyl (C=O) groups excluding carboxylic acids is 1. The second kappa shape index (κ2) is 7.13. The molecule has 0 saturated carbocycles. The lowest BCUT2D eigenvalue weighted by Gasteiger charge is -2.37. The summed E-state index contributed by atoms with van der Waals surface area (Å²) < 4.78 is 1.72. The number of aromatic nitrogens is 3. The third kappa shape index (κ3) is 3.47. The highest BCUT2D eigenvalue weighted by Crippen LogP contribution is 2.25. The number of amides is 2. The highest BCUT2D eigenvalue weighted by Gasteiger charge is 2.25. The van der Waals surface area contributed by atoms with Crippen molar-refractivity contribution in [3.8, 4) is 0 Å². The monoisotopic (exact) mass is 393 g/mol. The molecule has 10 heteroatoms. The lowest BCUT2D eigenvalue weighted by atomic mass is 10.2. The number of anilines is 1. The smallest absolute Gasteiger partial charge is 0.321 e. The van der Waals surface area contributed by atoms with E-state index in [0.717, 1.165) is 37.6 Å². The predicted octanol–water partition coefficient (Wildman–Crippen LogP) is 2.54. The van der Waals surface area contributed by atoms with Gasteiger partial charge in [-0.3, -0.25) is 0 Å². The fourth-order valence-electron chi connectivity index (χ4n) is 3.07. The van der Waals surface area contributed by atoms with Gasteiger partial charge >= 0.3 is 6.03 Å². The van der Waals surface area contributed by atoms with Crippen LogP contribution in [0, 0.1) is 0 Å². The first-order chi connectivity index (χ1) is 12.6. The van der Waals surface area contributed by atoms with E-state index < -0.39 is 0 Å². The van der Waals surface area contributed by atoms with Crippen LogP contribution < -0.4 is 5.32 Å². The third-order valence-electron chi connectivity index (χ3n) is 4.50. The third-order valence-corrected chi connectivity index (χ3v) is 5.24. The van der Waals surface area contributed by atoms with Crippen LogP contribution in [0.2, 0.25) is 10.0 Å². The molecular weight excluding hydrogens is 377 g/mol. The minimum atomic E-state index is -0.144. The zero-order valence-electron chi connectivity index (χ0n) is 13.9. The highest BCUT2D eigenvalue weighted by atomic mass is 35.5. The van der Waals surface area contributed by atoms with Crippen LogP contribution in [0.4, 0.5) is 10.5 Å². The first kappa shape index (κ1) is 17.1. The first-order valence-corrected chi connectivity index (χ1v) is 9.08. The number of carbonyl (C=O) groups is 1. The Labute approximate surface area is 160 Å². The number of nitrogens with one attached hydrogen (secondary N) is 1. The summed E-state index contributed by atoms with van der Waals surface area (Å²) in [7, 11) is 0. The second-order valence-electron chi connectivity index (χ2n) is 6.14. The molecule has 2 aliphatic rings.